The quantitative estimate of drug-likeness (QED) is 0.817. The summed E-state index contributed by atoms with van der Waals surface area (Å²) in [5.74, 6) is 1.69. The average molecular weight is 209 g/mol. The first-order chi connectivity index (χ1) is 6.81. The van der Waals surface area contributed by atoms with Gasteiger partial charge in [-0.2, -0.15) is 0 Å². The Kier molecular flexibility index (Phi) is 4.40. The fourth-order valence-electron chi connectivity index (χ4n) is 2.24. The SMILES string of the molecule is C.CC[C@@H](N)c1cc(C2CCCC2)co1. The monoisotopic (exact) mass is 209 g/mol. The van der Waals surface area contributed by atoms with Gasteiger partial charge in [-0.1, -0.05) is 27.2 Å². The molecular weight excluding hydrogens is 186 g/mol. The molecule has 1 aliphatic rings. The van der Waals surface area contributed by atoms with Gasteiger partial charge in [-0.05, 0) is 36.8 Å². The van der Waals surface area contributed by atoms with Crippen molar-refractivity contribution in [2.75, 3.05) is 0 Å². The molecule has 0 aromatic carbocycles. The van der Waals surface area contributed by atoms with Crippen LogP contribution in [-0.2, 0) is 0 Å². The first-order valence-corrected chi connectivity index (χ1v) is 5.65. The van der Waals surface area contributed by atoms with Crippen molar-refractivity contribution in [3.63, 3.8) is 0 Å². The van der Waals surface area contributed by atoms with E-state index in [9.17, 15) is 0 Å². The fourth-order valence-corrected chi connectivity index (χ4v) is 2.24. The first-order valence-electron chi connectivity index (χ1n) is 5.65. The van der Waals surface area contributed by atoms with Gasteiger partial charge in [0.25, 0.3) is 0 Å². The molecule has 2 N–H and O–H groups in total. The molecule has 2 nitrogen and oxygen atoms in total. The standard InChI is InChI=1S/C12H19NO.CH4/c1-2-11(13)12-7-10(8-14-12)9-5-3-4-6-9;/h7-9,11H,2-6,13H2,1H3;1H4/t11-;/m1./s1. The molecule has 2 rings (SSSR count). The summed E-state index contributed by atoms with van der Waals surface area (Å²) in [6.07, 6.45) is 8.22. The van der Waals surface area contributed by atoms with E-state index in [0.717, 1.165) is 18.1 Å². The summed E-state index contributed by atoms with van der Waals surface area (Å²) in [5, 5.41) is 0. The van der Waals surface area contributed by atoms with Crippen molar-refractivity contribution in [3.05, 3.63) is 23.7 Å². The topological polar surface area (TPSA) is 39.2 Å². The van der Waals surface area contributed by atoms with Gasteiger partial charge in [-0.25, -0.2) is 0 Å². The highest BCUT2D eigenvalue weighted by Crippen LogP contribution is 2.35. The van der Waals surface area contributed by atoms with Crippen LogP contribution in [0.1, 0.15) is 69.7 Å². The highest BCUT2D eigenvalue weighted by molar-refractivity contribution is 5.20. The van der Waals surface area contributed by atoms with Crippen LogP contribution in [0.5, 0.6) is 0 Å². The third kappa shape index (κ3) is 2.63. The summed E-state index contributed by atoms with van der Waals surface area (Å²) in [4.78, 5) is 0. The van der Waals surface area contributed by atoms with Crippen molar-refractivity contribution in [2.45, 2.75) is 58.4 Å². The molecule has 0 amide bonds. The zero-order valence-corrected chi connectivity index (χ0v) is 8.83. The van der Waals surface area contributed by atoms with Crippen LogP contribution in [0.2, 0.25) is 0 Å². The summed E-state index contributed by atoms with van der Waals surface area (Å²) < 4.78 is 5.50. The van der Waals surface area contributed by atoms with Crippen LogP contribution in [-0.4, -0.2) is 0 Å². The van der Waals surface area contributed by atoms with Crippen LogP contribution >= 0.6 is 0 Å². The van der Waals surface area contributed by atoms with Gasteiger partial charge in [0.15, 0.2) is 0 Å². The molecule has 1 aliphatic carbocycles. The lowest BCUT2D eigenvalue weighted by molar-refractivity contribution is 0.458. The minimum absolute atomic E-state index is 0. The molecule has 2 heteroatoms. The van der Waals surface area contributed by atoms with Gasteiger partial charge in [0.05, 0.1) is 12.3 Å². The number of nitrogens with two attached hydrogens (primary N) is 1. The summed E-state index contributed by atoms with van der Waals surface area (Å²) in [5.41, 5.74) is 7.27. The molecule has 0 saturated heterocycles. The van der Waals surface area contributed by atoms with Gasteiger partial charge in [-0.3, -0.25) is 0 Å². The van der Waals surface area contributed by atoms with Gasteiger partial charge in [0.1, 0.15) is 5.76 Å². The third-order valence-electron chi connectivity index (χ3n) is 3.27. The Bertz CT molecular complexity index is 286. The van der Waals surface area contributed by atoms with Crippen molar-refractivity contribution in [1.82, 2.24) is 0 Å². The lowest BCUT2D eigenvalue weighted by Crippen LogP contribution is -2.07. The Morgan fingerprint density at radius 2 is 2.13 bits per heavy atom. The van der Waals surface area contributed by atoms with E-state index in [0.29, 0.717) is 0 Å². The molecule has 0 spiro atoms. The van der Waals surface area contributed by atoms with Crippen molar-refractivity contribution in [1.29, 1.82) is 0 Å². The molecule has 86 valence electrons. The van der Waals surface area contributed by atoms with Gasteiger partial charge in [0, 0.05) is 0 Å². The Balaban J connectivity index is 0.00000112. The van der Waals surface area contributed by atoms with E-state index in [1.54, 1.807) is 0 Å². The Morgan fingerprint density at radius 1 is 1.47 bits per heavy atom. The van der Waals surface area contributed by atoms with Crippen LogP contribution < -0.4 is 5.73 Å². The van der Waals surface area contributed by atoms with Crippen LogP contribution in [0.4, 0.5) is 0 Å². The Labute approximate surface area is 92.9 Å². The molecule has 0 bridgehead atoms. The van der Waals surface area contributed by atoms with Gasteiger partial charge in [0.2, 0.25) is 0 Å². The highest BCUT2D eigenvalue weighted by Gasteiger charge is 2.20. The molecular formula is C13H23NO. The molecule has 1 heterocycles. The predicted octanol–water partition coefficient (Wildman–Crippen LogP) is 3.98. The van der Waals surface area contributed by atoms with Crippen molar-refractivity contribution in [3.8, 4) is 0 Å². The molecule has 1 saturated carbocycles. The lowest BCUT2D eigenvalue weighted by Gasteiger charge is -2.04. The first kappa shape index (κ1) is 12.3. The van der Waals surface area contributed by atoms with E-state index < -0.39 is 0 Å². The van der Waals surface area contributed by atoms with E-state index in [1.165, 1.54) is 31.2 Å². The van der Waals surface area contributed by atoms with Crippen LogP contribution in [0.25, 0.3) is 0 Å². The third-order valence-corrected chi connectivity index (χ3v) is 3.27. The summed E-state index contributed by atoms with van der Waals surface area (Å²) in [6.45, 7) is 2.09. The maximum atomic E-state index is 5.91. The molecule has 15 heavy (non-hydrogen) atoms. The predicted molar refractivity (Wildman–Crippen MR) is 63.9 cm³/mol. The smallest absolute Gasteiger partial charge is 0.120 e. The van der Waals surface area contributed by atoms with Crippen LogP contribution in [0.15, 0.2) is 16.7 Å². The Hall–Kier alpha value is -0.760. The second-order valence-corrected chi connectivity index (χ2v) is 4.28. The zero-order valence-electron chi connectivity index (χ0n) is 8.83. The maximum Gasteiger partial charge on any atom is 0.120 e. The van der Waals surface area contributed by atoms with Gasteiger partial charge >= 0.3 is 0 Å². The van der Waals surface area contributed by atoms with Gasteiger partial charge < -0.3 is 10.2 Å². The molecule has 1 fully saturated rings. The van der Waals surface area contributed by atoms with Gasteiger partial charge in [-0.15, -0.1) is 0 Å². The molecule has 1 aromatic heterocycles. The van der Waals surface area contributed by atoms with E-state index in [2.05, 4.69) is 13.0 Å². The fraction of sp³-hybridized carbons (Fsp3) is 0.692. The average Bonchev–Trinajstić information content (AvgIpc) is 2.86. The highest BCUT2D eigenvalue weighted by atomic mass is 16.3. The van der Waals surface area contributed by atoms with E-state index in [1.807, 2.05) is 6.26 Å². The summed E-state index contributed by atoms with van der Waals surface area (Å²) >= 11 is 0. The molecule has 1 atom stereocenters. The maximum absolute atomic E-state index is 5.91. The summed E-state index contributed by atoms with van der Waals surface area (Å²) in [7, 11) is 0. The minimum Gasteiger partial charge on any atom is -0.467 e. The van der Waals surface area contributed by atoms with Crippen LogP contribution in [0, 0.1) is 0 Å². The zero-order chi connectivity index (χ0) is 9.97. The van der Waals surface area contributed by atoms with E-state index in [-0.39, 0.29) is 13.5 Å². The van der Waals surface area contributed by atoms with E-state index >= 15 is 0 Å². The largest absolute Gasteiger partial charge is 0.467 e. The van der Waals surface area contributed by atoms with Crippen LogP contribution in [0.3, 0.4) is 0 Å². The molecule has 0 unspecified atom stereocenters. The van der Waals surface area contributed by atoms with Crippen molar-refractivity contribution >= 4 is 0 Å². The van der Waals surface area contributed by atoms with Crippen molar-refractivity contribution < 1.29 is 4.42 Å². The van der Waals surface area contributed by atoms with E-state index in [4.69, 9.17) is 10.2 Å². The minimum atomic E-state index is 0. The number of rotatable bonds is 3. The summed E-state index contributed by atoms with van der Waals surface area (Å²) in [6, 6.07) is 2.23. The lowest BCUT2D eigenvalue weighted by atomic mass is 10.00. The molecule has 0 radical (unpaired) electrons. The molecule has 1 aromatic rings. The normalized spacial score (nSPS) is 18.8. The number of furan rings is 1. The molecule has 0 aliphatic heterocycles. The Morgan fingerprint density at radius 3 is 2.73 bits per heavy atom. The number of hydrogen-bond acceptors (Lipinski definition) is 2. The second-order valence-electron chi connectivity index (χ2n) is 4.28. The second kappa shape index (κ2) is 5.36. The van der Waals surface area contributed by atoms with Crippen molar-refractivity contribution in [2.24, 2.45) is 5.73 Å². The number of hydrogen-bond donors (Lipinski definition) is 1.